The number of hydrogen-bond donors (Lipinski definition) is 4. The predicted octanol–water partition coefficient (Wildman–Crippen LogP) is 2.31. The highest BCUT2D eigenvalue weighted by Crippen LogP contribution is 2.46. The van der Waals surface area contributed by atoms with Gasteiger partial charge in [-0.2, -0.15) is 0 Å². The molecule has 156 valence electrons. The molecule has 3 aromatic rings. The summed E-state index contributed by atoms with van der Waals surface area (Å²) in [5.41, 5.74) is 0.676. The summed E-state index contributed by atoms with van der Waals surface area (Å²) in [6, 6.07) is 9.61. The molecule has 0 saturated carbocycles. The molecule has 0 unspecified atom stereocenters. The first-order valence-corrected chi connectivity index (χ1v) is 9.68. The lowest BCUT2D eigenvalue weighted by molar-refractivity contribution is -0.116. The third-order valence-electron chi connectivity index (χ3n) is 5.78. The largest absolute Gasteiger partial charge is 0.478 e. The number of anilines is 1. The molecule has 0 amide bonds. The third kappa shape index (κ3) is 3.10. The minimum atomic E-state index is -1.07. The van der Waals surface area contributed by atoms with Crippen molar-refractivity contribution in [1.82, 2.24) is 9.97 Å². The van der Waals surface area contributed by atoms with E-state index in [1.807, 2.05) is 6.07 Å². The van der Waals surface area contributed by atoms with Crippen molar-refractivity contribution in [1.29, 1.82) is 0 Å². The molecule has 31 heavy (non-hydrogen) atoms. The van der Waals surface area contributed by atoms with Crippen molar-refractivity contribution in [3.63, 3.8) is 0 Å². The van der Waals surface area contributed by atoms with E-state index in [0.29, 0.717) is 29.0 Å². The van der Waals surface area contributed by atoms with Crippen molar-refractivity contribution in [2.45, 2.75) is 24.7 Å². The van der Waals surface area contributed by atoms with E-state index in [1.54, 1.807) is 24.5 Å². The molecule has 0 bridgehead atoms. The van der Waals surface area contributed by atoms with E-state index < -0.39 is 23.1 Å². The molecule has 1 aromatic carbocycles. The fraction of sp³-hybridized carbons (Fsp3) is 0.182. The van der Waals surface area contributed by atoms with Gasteiger partial charge in [-0.1, -0.05) is 12.1 Å². The van der Waals surface area contributed by atoms with Crippen LogP contribution in [-0.2, 0) is 4.79 Å². The second-order valence-electron chi connectivity index (χ2n) is 7.62. The van der Waals surface area contributed by atoms with Gasteiger partial charge >= 0.3 is 11.7 Å². The molecule has 5 rings (SSSR count). The maximum atomic E-state index is 13.3. The molecule has 0 fully saturated rings. The quantitative estimate of drug-likeness (QED) is 0.510. The van der Waals surface area contributed by atoms with Crippen molar-refractivity contribution >= 4 is 17.6 Å². The summed E-state index contributed by atoms with van der Waals surface area (Å²) >= 11 is 0. The van der Waals surface area contributed by atoms with Crippen LogP contribution in [0.2, 0.25) is 0 Å². The standard InChI is InChI=1S/C22H17N3O6/c26-14-9-12(15-2-1-7-31-15)8-13-17(14)16(10-3-5-11(6-4-10)21(28)29)18-19(23-13)24-22(30)25-20(18)27/h1-7,12,16H,8-9H2,(H,28,29)(H3,23,24,25,27,30)/t12-,16+/m0/s1. The van der Waals surface area contributed by atoms with Crippen LogP contribution < -0.4 is 16.6 Å². The van der Waals surface area contributed by atoms with Gasteiger partial charge in [-0.05, 0) is 36.2 Å². The highest BCUT2D eigenvalue weighted by atomic mass is 16.4. The highest BCUT2D eigenvalue weighted by molar-refractivity contribution is 6.01. The Morgan fingerprint density at radius 3 is 2.48 bits per heavy atom. The zero-order valence-corrected chi connectivity index (χ0v) is 16.1. The molecule has 4 N–H and O–H groups in total. The number of carbonyl (C=O) groups is 2. The zero-order valence-electron chi connectivity index (χ0n) is 16.1. The number of nitrogens with one attached hydrogen (secondary N) is 3. The Bertz CT molecular complexity index is 1350. The number of allylic oxidation sites excluding steroid dienone is 2. The molecular weight excluding hydrogens is 402 g/mol. The second-order valence-corrected chi connectivity index (χ2v) is 7.62. The molecule has 2 aromatic heterocycles. The fourth-order valence-electron chi connectivity index (χ4n) is 4.43. The Morgan fingerprint density at radius 2 is 1.81 bits per heavy atom. The minimum absolute atomic E-state index is 0.0929. The topological polar surface area (TPSA) is 145 Å². The van der Waals surface area contributed by atoms with Gasteiger partial charge in [-0.25, -0.2) is 9.59 Å². The second kappa shape index (κ2) is 6.98. The molecule has 0 saturated heterocycles. The van der Waals surface area contributed by atoms with Crippen LogP contribution in [0.5, 0.6) is 0 Å². The van der Waals surface area contributed by atoms with Gasteiger partial charge < -0.3 is 14.8 Å². The number of H-pyrrole nitrogens is 2. The summed E-state index contributed by atoms with van der Waals surface area (Å²) in [6.07, 6.45) is 2.23. The number of carboxylic acid groups (broad SMARTS) is 1. The maximum Gasteiger partial charge on any atom is 0.335 e. The summed E-state index contributed by atoms with van der Waals surface area (Å²) in [6.45, 7) is 0. The van der Waals surface area contributed by atoms with Crippen molar-refractivity contribution in [3.05, 3.63) is 97.2 Å². The van der Waals surface area contributed by atoms with E-state index in [4.69, 9.17) is 4.42 Å². The molecule has 9 nitrogen and oxygen atoms in total. The number of Topliss-reactive ketones (excluding diaryl/α,β-unsaturated/α-hetero) is 1. The first kappa shape index (κ1) is 18.9. The van der Waals surface area contributed by atoms with Crippen LogP contribution >= 0.6 is 0 Å². The number of carboxylic acids is 1. The number of benzene rings is 1. The fourth-order valence-corrected chi connectivity index (χ4v) is 4.43. The summed E-state index contributed by atoms with van der Waals surface area (Å²) in [4.78, 5) is 53.9. The SMILES string of the molecule is O=C1C[C@@H](c2ccco2)CC2=C1[C@@H](c1ccc(C(=O)O)cc1)c1c([nH]c(=O)[nH]c1=O)N2. The highest BCUT2D eigenvalue weighted by Gasteiger charge is 2.40. The summed E-state index contributed by atoms with van der Waals surface area (Å²) in [5, 5.41) is 12.3. The normalized spacial score (nSPS) is 20.1. The van der Waals surface area contributed by atoms with Crippen molar-refractivity contribution < 1.29 is 19.1 Å². The number of aromatic amines is 2. The van der Waals surface area contributed by atoms with Crippen molar-refractivity contribution in [3.8, 4) is 0 Å². The van der Waals surface area contributed by atoms with E-state index in [9.17, 15) is 24.3 Å². The maximum absolute atomic E-state index is 13.3. The Morgan fingerprint density at radius 1 is 1.03 bits per heavy atom. The number of aromatic nitrogens is 2. The van der Waals surface area contributed by atoms with E-state index >= 15 is 0 Å². The molecule has 0 spiro atoms. The van der Waals surface area contributed by atoms with Crippen molar-refractivity contribution in [2.75, 3.05) is 5.32 Å². The zero-order chi connectivity index (χ0) is 21.7. The molecule has 3 heterocycles. The Labute approximate surface area is 174 Å². The number of rotatable bonds is 3. The molecule has 2 atom stereocenters. The van der Waals surface area contributed by atoms with Crippen LogP contribution in [0.4, 0.5) is 5.82 Å². The average Bonchev–Trinajstić information content (AvgIpc) is 3.27. The van der Waals surface area contributed by atoms with Crippen LogP contribution in [-0.4, -0.2) is 26.8 Å². The van der Waals surface area contributed by atoms with Crippen LogP contribution in [0.15, 0.2) is 67.9 Å². The summed E-state index contributed by atoms with van der Waals surface area (Å²) in [5.74, 6) is -1.20. The number of ketones is 1. The Hall–Kier alpha value is -4.14. The Balaban J connectivity index is 1.68. The first-order valence-electron chi connectivity index (χ1n) is 9.68. The van der Waals surface area contributed by atoms with Gasteiger partial charge in [0.15, 0.2) is 5.78 Å². The lowest BCUT2D eigenvalue weighted by atomic mass is 9.73. The van der Waals surface area contributed by atoms with Gasteiger partial charge in [0.1, 0.15) is 11.6 Å². The van der Waals surface area contributed by atoms with Crippen LogP contribution in [0.3, 0.4) is 0 Å². The van der Waals surface area contributed by atoms with Gasteiger partial charge in [-0.3, -0.25) is 19.6 Å². The third-order valence-corrected chi connectivity index (χ3v) is 5.78. The van der Waals surface area contributed by atoms with Gasteiger partial charge in [0, 0.05) is 29.5 Å². The van der Waals surface area contributed by atoms with Gasteiger partial charge in [-0.15, -0.1) is 0 Å². The molecule has 1 aliphatic carbocycles. The molecule has 9 heteroatoms. The number of carbonyl (C=O) groups excluding carboxylic acids is 1. The van der Waals surface area contributed by atoms with Gasteiger partial charge in [0.2, 0.25) is 0 Å². The van der Waals surface area contributed by atoms with Crippen LogP contribution in [0, 0.1) is 0 Å². The Kier molecular flexibility index (Phi) is 4.25. The van der Waals surface area contributed by atoms with Gasteiger partial charge in [0.25, 0.3) is 5.56 Å². The lowest BCUT2D eigenvalue weighted by Crippen LogP contribution is -2.37. The van der Waals surface area contributed by atoms with E-state index in [0.717, 1.165) is 0 Å². The van der Waals surface area contributed by atoms with Crippen LogP contribution in [0.25, 0.3) is 0 Å². The number of furan rings is 1. The summed E-state index contributed by atoms with van der Waals surface area (Å²) < 4.78 is 5.48. The molecule has 1 aliphatic heterocycles. The minimum Gasteiger partial charge on any atom is -0.478 e. The lowest BCUT2D eigenvalue weighted by Gasteiger charge is -2.35. The number of fused-ring (bicyclic) bond motifs is 1. The van der Waals surface area contributed by atoms with Gasteiger partial charge in [0.05, 0.1) is 17.4 Å². The summed E-state index contributed by atoms with van der Waals surface area (Å²) in [7, 11) is 0. The first-order chi connectivity index (χ1) is 14.9. The smallest absolute Gasteiger partial charge is 0.335 e. The number of aromatic carboxylic acids is 1. The monoisotopic (exact) mass is 419 g/mol. The predicted molar refractivity (Wildman–Crippen MR) is 109 cm³/mol. The average molecular weight is 419 g/mol. The molecule has 2 aliphatic rings. The molecule has 0 radical (unpaired) electrons. The van der Waals surface area contributed by atoms with Crippen LogP contribution in [0.1, 0.15) is 51.9 Å². The van der Waals surface area contributed by atoms with E-state index in [-0.39, 0.29) is 35.1 Å². The van der Waals surface area contributed by atoms with Crippen molar-refractivity contribution in [2.24, 2.45) is 0 Å². The van der Waals surface area contributed by atoms with E-state index in [2.05, 4.69) is 15.3 Å². The number of hydrogen-bond acceptors (Lipinski definition) is 6. The molecular formula is C22H17N3O6. The van der Waals surface area contributed by atoms with E-state index in [1.165, 1.54) is 12.1 Å².